The van der Waals surface area contributed by atoms with Crippen molar-refractivity contribution in [1.29, 1.82) is 0 Å². The molecule has 6 nitrogen and oxygen atoms in total. The maximum absolute atomic E-state index is 12.3. The van der Waals surface area contributed by atoms with Crippen molar-refractivity contribution >= 4 is 29.4 Å². The Bertz CT molecular complexity index is 635. The summed E-state index contributed by atoms with van der Waals surface area (Å²) < 4.78 is 0. The molecule has 1 aromatic rings. The largest absolute Gasteiger partial charge is 0.481 e. The lowest BCUT2D eigenvalue weighted by atomic mass is 9.98. The maximum atomic E-state index is 12.3. The summed E-state index contributed by atoms with van der Waals surface area (Å²) in [6, 6.07) is 7.09. The van der Waals surface area contributed by atoms with Crippen LogP contribution in [0.5, 0.6) is 0 Å². The molecule has 1 unspecified atom stereocenters. The molecule has 0 aliphatic carbocycles. The van der Waals surface area contributed by atoms with Gasteiger partial charge in [-0.05, 0) is 24.5 Å². The van der Waals surface area contributed by atoms with Gasteiger partial charge in [0.2, 0.25) is 11.8 Å². The summed E-state index contributed by atoms with van der Waals surface area (Å²) in [5.41, 5.74) is 0.715. The lowest BCUT2D eigenvalue weighted by Crippen LogP contribution is -2.47. The molecule has 1 fully saturated rings. The van der Waals surface area contributed by atoms with Crippen LogP contribution in [0.15, 0.2) is 24.3 Å². The smallest absolute Gasteiger partial charge is 0.308 e. The van der Waals surface area contributed by atoms with Crippen LogP contribution in [0, 0.1) is 5.92 Å². The summed E-state index contributed by atoms with van der Waals surface area (Å²) in [5.74, 6) is -1.83. The van der Waals surface area contributed by atoms with Gasteiger partial charge in [-0.3, -0.25) is 14.4 Å². The molecular formula is C17H21ClN2O4. The Morgan fingerprint density at radius 3 is 2.71 bits per heavy atom. The lowest BCUT2D eigenvalue weighted by molar-refractivity contribution is -0.147. The molecule has 0 radical (unpaired) electrons. The highest BCUT2D eigenvalue weighted by Gasteiger charge is 2.29. The topological polar surface area (TPSA) is 77.9 Å². The van der Waals surface area contributed by atoms with Crippen molar-refractivity contribution in [2.45, 2.75) is 19.3 Å². The van der Waals surface area contributed by atoms with Crippen molar-refractivity contribution in [2.75, 3.05) is 26.7 Å². The number of hydrogen-bond acceptors (Lipinski definition) is 3. The number of nitrogens with zero attached hydrogens (tertiary/aromatic N) is 2. The SMILES string of the molecule is CN(CC(=O)N1CCCC(C(=O)O)C1)C(=O)Cc1ccccc1Cl. The number of piperidine rings is 1. The second-order valence-corrected chi connectivity index (χ2v) is 6.44. The number of likely N-dealkylation sites (N-methyl/N-ethyl adjacent to an activating group) is 1. The lowest BCUT2D eigenvalue weighted by Gasteiger charge is -2.32. The highest BCUT2D eigenvalue weighted by molar-refractivity contribution is 6.31. The van der Waals surface area contributed by atoms with E-state index >= 15 is 0 Å². The van der Waals surface area contributed by atoms with Crippen LogP contribution in [0.25, 0.3) is 0 Å². The molecule has 7 heteroatoms. The number of benzene rings is 1. The zero-order valence-corrected chi connectivity index (χ0v) is 14.3. The first kappa shape index (κ1) is 18.3. The number of aliphatic carboxylic acids is 1. The van der Waals surface area contributed by atoms with E-state index < -0.39 is 11.9 Å². The van der Waals surface area contributed by atoms with Crippen LogP contribution in [0.4, 0.5) is 0 Å². The number of carboxylic acid groups (broad SMARTS) is 1. The fraction of sp³-hybridized carbons (Fsp3) is 0.471. The van der Waals surface area contributed by atoms with Crippen LogP contribution in [-0.4, -0.2) is 59.4 Å². The average Bonchev–Trinajstić information content (AvgIpc) is 2.56. The van der Waals surface area contributed by atoms with Crippen LogP contribution in [-0.2, 0) is 20.8 Å². The van der Waals surface area contributed by atoms with Crippen molar-refractivity contribution in [3.05, 3.63) is 34.9 Å². The molecule has 1 heterocycles. The van der Waals surface area contributed by atoms with Crippen molar-refractivity contribution in [3.8, 4) is 0 Å². The normalized spacial score (nSPS) is 17.4. The number of carbonyl (C=O) groups is 3. The van der Waals surface area contributed by atoms with E-state index in [9.17, 15) is 14.4 Å². The average molecular weight is 353 g/mol. The molecule has 130 valence electrons. The van der Waals surface area contributed by atoms with E-state index in [0.717, 1.165) is 0 Å². The predicted octanol–water partition coefficient (Wildman–Crippen LogP) is 1.66. The standard InChI is InChI=1S/C17H21ClN2O4/c1-19(15(21)9-12-5-2-3-7-14(12)18)11-16(22)20-8-4-6-13(10-20)17(23)24/h2-3,5,7,13H,4,6,8-11H2,1H3,(H,23,24). The molecule has 0 saturated carbocycles. The Morgan fingerprint density at radius 2 is 2.04 bits per heavy atom. The van der Waals surface area contributed by atoms with Gasteiger partial charge in [-0.1, -0.05) is 29.8 Å². The van der Waals surface area contributed by atoms with Crippen molar-refractivity contribution in [3.63, 3.8) is 0 Å². The fourth-order valence-electron chi connectivity index (χ4n) is 2.74. The van der Waals surface area contributed by atoms with Gasteiger partial charge < -0.3 is 14.9 Å². The number of halogens is 1. The van der Waals surface area contributed by atoms with Gasteiger partial charge in [0.1, 0.15) is 0 Å². The number of likely N-dealkylation sites (tertiary alicyclic amines) is 1. The molecule has 1 saturated heterocycles. The number of carboxylic acids is 1. The molecular weight excluding hydrogens is 332 g/mol. The van der Waals surface area contributed by atoms with Crippen LogP contribution in [0.2, 0.25) is 5.02 Å². The molecule has 24 heavy (non-hydrogen) atoms. The predicted molar refractivity (Wildman–Crippen MR) is 89.7 cm³/mol. The minimum absolute atomic E-state index is 0.0599. The molecule has 1 aliphatic heterocycles. The Balaban J connectivity index is 1.90. The van der Waals surface area contributed by atoms with Gasteiger partial charge in [0.05, 0.1) is 18.9 Å². The molecule has 1 aliphatic rings. The first-order valence-corrected chi connectivity index (χ1v) is 8.24. The quantitative estimate of drug-likeness (QED) is 0.874. The summed E-state index contributed by atoms with van der Waals surface area (Å²) in [7, 11) is 1.57. The van der Waals surface area contributed by atoms with Crippen molar-refractivity contribution in [1.82, 2.24) is 9.80 Å². The van der Waals surface area contributed by atoms with Crippen LogP contribution in [0.1, 0.15) is 18.4 Å². The van der Waals surface area contributed by atoms with Crippen LogP contribution < -0.4 is 0 Å². The summed E-state index contributed by atoms with van der Waals surface area (Å²) >= 11 is 6.04. The molecule has 0 bridgehead atoms. The highest BCUT2D eigenvalue weighted by Crippen LogP contribution is 2.18. The second-order valence-electron chi connectivity index (χ2n) is 6.04. The summed E-state index contributed by atoms with van der Waals surface area (Å²) in [4.78, 5) is 38.5. The van der Waals surface area contributed by atoms with Crippen molar-refractivity contribution in [2.24, 2.45) is 5.92 Å². The zero-order chi connectivity index (χ0) is 17.7. The Morgan fingerprint density at radius 1 is 1.33 bits per heavy atom. The van der Waals surface area contributed by atoms with E-state index in [4.69, 9.17) is 16.7 Å². The molecule has 2 rings (SSSR count). The Labute approximate surface area is 146 Å². The van der Waals surface area contributed by atoms with E-state index in [1.54, 1.807) is 31.3 Å². The van der Waals surface area contributed by atoms with Gasteiger partial charge in [-0.25, -0.2) is 0 Å². The first-order valence-electron chi connectivity index (χ1n) is 7.86. The minimum Gasteiger partial charge on any atom is -0.481 e. The first-order chi connectivity index (χ1) is 11.4. The van der Waals surface area contributed by atoms with Gasteiger partial charge in [0.25, 0.3) is 0 Å². The Hall–Kier alpha value is -2.08. The molecule has 1 aromatic carbocycles. The molecule has 1 N–H and O–H groups in total. The summed E-state index contributed by atoms with van der Waals surface area (Å²) in [5, 5.41) is 9.60. The summed E-state index contributed by atoms with van der Waals surface area (Å²) in [6.45, 7) is 0.686. The zero-order valence-electron chi connectivity index (χ0n) is 13.6. The van der Waals surface area contributed by atoms with Gasteiger partial charge in [-0.15, -0.1) is 0 Å². The van der Waals surface area contributed by atoms with Crippen LogP contribution >= 0.6 is 11.6 Å². The van der Waals surface area contributed by atoms with Gasteiger partial charge >= 0.3 is 5.97 Å². The van der Waals surface area contributed by atoms with Crippen molar-refractivity contribution < 1.29 is 19.5 Å². The molecule has 2 amide bonds. The van der Waals surface area contributed by atoms with E-state index in [-0.39, 0.29) is 31.3 Å². The third-order valence-electron chi connectivity index (χ3n) is 4.22. The highest BCUT2D eigenvalue weighted by atomic mass is 35.5. The van der Waals surface area contributed by atoms with Gasteiger partial charge in [0, 0.05) is 25.2 Å². The van der Waals surface area contributed by atoms with E-state index in [1.807, 2.05) is 0 Å². The number of hydrogen-bond donors (Lipinski definition) is 1. The van der Waals surface area contributed by atoms with E-state index in [1.165, 1.54) is 9.80 Å². The third kappa shape index (κ3) is 4.71. The number of carbonyl (C=O) groups excluding carboxylic acids is 2. The van der Waals surface area contributed by atoms with Gasteiger partial charge in [-0.2, -0.15) is 0 Å². The molecule has 0 spiro atoms. The summed E-state index contributed by atoms with van der Waals surface area (Å²) in [6.07, 6.45) is 1.38. The minimum atomic E-state index is -0.879. The number of amides is 2. The number of rotatable bonds is 5. The fourth-order valence-corrected chi connectivity index (χ4v) is 2.94. The van der Waals surface area contributed by atoms with E-state index in [0.29, 0.717) is 30.0 Å². The maximum Gasteiger partial charge on any atom is 0.308 e. The van der Waals surface area contributed by atoms with Gasteiger partial charge in [0.15, 0.2) is 0 Å². The second kappa shape index (κ2) is 8.15. The molecule has 0 aromatic heterocycles. The molecule has 1 atom stereocenters. The van der Waals surface area contributed by atoms with Crippen LogP contribution in [0.3, 0.4) is 0 Å². The Kier molecular flexibility index (Phi) is 6.20. The monoisotopic (exact) mass is 352 g/mol. The van der Waals surface area contributed by atoms with E-state index in [2.05, 4.69) is 0 Å². The third-order valence-corrected chi connectivity index (χ3v) is 4.59.